The van der Waals surface area contributed by atoms with Crippen LogP contribution in [0.15, 0.2) is 22.3 Å². The molecule has 106 valence electrons. The first-order valence-electron chi connectivity index (χ1n) is 5.67. The number of likely N-dealkylation sites (N-methyl/N-ethyl adjacent to an activating group) is 2. The van der Waals surface area contributed by atoms with Crippen molar-refractivity contribution in [3.63, 3.8) is 0 Å². The topological polar surface area (TPSA) is 32.8 Å². The molecule has 0 N–H and O–H groups in total. The van der Waals surface area contributed by atoms with Gasteiger partial charge in [0, 0.05) is 24.1 Å². The highest BCUT2D eigenvalue weighted by atomic mass is 79.9. The number of carbonyl (C=O) groups is 1. The number of benzene rings is 1. The molecule has 0 unspecified atom stereocenters. The van der Waals surface area contributed by atoms with Crippen molar-refractivity contribution in [2.75, 3.05) is 21.2 Å². The van der Waals surface area contributed by atoms with Gasteiger partial charge in [0.25, 0.3) is 5.91 Å². The average molecular weight is 376 g/mol. The third-order valence-corrected chi connectivity index (χ3v) is 4.28. The van der Waals surface area contributed by atoms with Gasteiger partial charge in [-0.1, -0.05) is 27.5 Å². The summed E-state index contributed by atoms with van der Waals surface area (Å²) in [6, 6.07) is 3.57. The van der Waals surface area contributed by atoms with Crippen LogP contribution in [0.5, 0.6) is 5.75 Å². The molecule has 1 fully saturated rings. The summed E-state index contributed by atoms with van der Waals surface area (Å²) in [6.07, 6.45) is 1.72. The standard InChI is InChI=1S/C13H12BrClN2O2S/c1-16-10(12(18)17(2)13(16)20)5-7-4-8(14)6-9(15)11(7)19-3/h4-6H,1-3H3. The van der Waals surface area contributed by atoms with Gasteiger partial charge < -0.3 is 9.64 Å². The van der Waals surface area contributed by atoms with E-state index in [0.717, 1.165) is 4.47 Å². The van der Waals surface area contributed by atoms with Gasteiger partial charge in [0.1, 0.15) is 11.4 Å². The zero-order valence-corrected chi connectivity index (χ0v) is 14.3. The lowest BCUT2D eigenvalue weighted by atomic mass is 10.1. The van der Waals surface area contributed by atoms with Gasteiger partial charge in [-0.2, -0.15) is 0 Å². The SMILES string of the molecule is COc1c(Cl)cc(Br)cc1C=C1C(=O)N(C)C(=S)N1C. The van der Waals surface area contributed by atoms with Crippen LogP contribution in [0, 0.1) is 0 Å². The summed E-state index contributed by atoms with van der Waals surface area (Å²) in [5.74, 6) is 0.361. The summed E-state index contributed by atoms with van der Waals surface area (Å²) in [6.45, 7) is 0. The maximum Gasteiger partial charge on any atom is 0.276 e. The van der Waals surface area contributed by atoms with Crippen LogP contribution in [0.25, 0.3) is 6.08 Å². The van der Waals surface area contributed by atoms with Gasteiger partial charge in [-0.05, 0) is 30.4 Å². The maximum atomic E-state index is 12.1. The summed E-state index contributed by atoms with van der Waals surface area (Å²) >= 11 is 14.7. The minimum absolute atomic E-state index is 0.157. The summed E-state index contributed by atoms with van der Waals surface area (Å²) in [5, 5.41) is 0.930. The number of methoxy groups -OCH3 is 1. The van der Waals surface area contributed by atoms with Gasteiger partial charge in [-0.15, -0.1) is 0 Å². The molecule has 1 saturated heterocycles. The quantitative estimate of drug-likeness (QED) is 0.587. The van der Waals surface area contributed by atoms with Crippen LogP contribution in [-0.2, 0) is 4.79 Å². The molecule has 1 aromatic carbocycles. The summed E-state index contributed by atoms with van der Waals surface area (Å²) < 4.78 is 6.10. The molecule has 0 bridgehead atoms. The van der Waals surface area contributed by atoms with Gasteiger partial charge >= 0.3 is 0 Å². The van der Waals surface area contributed by atoms with E-state index in [9.17, 15) is 4.79 Å². The summed E-state index contributed by atoms with van der Waals surface area (Å²) in [4.78, 5) is 15.2. The van der Waals surface area contributed by atoms with Crippen LogP contribution < -0.4 is 4.74 Å². The molecule has 1 amide bonds. The van der Waals surface area contributed by atoms with Gasteiger partial charge in [0.2, 0.25) is 0 Å². The van der Waals surface area contributed by atoms with Gasteiger partial charge in [-0.3, -0.25) is 9.69 Å². The number of hydrogen-bond donors (Lipinski definition) is 0. The Morgan fingerprint density at radius 1 is 1.35 bits per heavy atom. The van der Waals surface area contributed by atoms with Crippen molar-refractivity contribution in [3.8, 4) is 5.75 Å². The van der Waals surface area contributed by atoms with E-state index in [1.807, 2.05) is 6.07 Å². The molecule has 1 aliphatic heterocycles. The molecule has 4 nitrogen and oxygen atoms in total. The lowest BCUT2D eigenvalue weighted by molar-refractivity contribution is -0.121. The Labute approximate surface area is 136 Å². The van der Waals surface area contributed by atoms with E-state index in [-0.39, 0.29) is 5.91 Å². The monoisotopic (exact) mass is 374 g/mol. The van der Waals surface area contributed by atoms with Crippen LogP contribution in [0.2, 0.25) is 5.02 Å². The molecular formula is C13H12BrClN2O2S. The predicted molar refractivity (Wildman–Crippen MR) is 86.8 cm³/mol. The molecule has 1 heterocycles. The fourth-order valence-corrected chi connectivity index (χ4v) is 3.03. The minimum Gasteiger partial charge on any atom is -0.495 e. The first-order chi connectivity index (χ1) is 9.36. The largest absolute Gasteiger partial charge is 0.495 e. The smallest absolute Gasteiger partial charge is 0.276 e. The number of halogens is 2. The van der Waals surface area contributed by atoms with Crippen LogP contribution in [-0.4, -0.2) is 42.0 Å². The fraction of sp³-hybridized carbons (Fsp3) is 0.231. The molecule has 20 heavy (non-hydrogen) atoms. The molecule has 0 spiro atoms. The second-order valence-corrected chi connectivity index (χ2v) is 5.93. The molecule has 2 rings (SSSR count). The van der Waals surface area contributed by atoms with Crippen molar-refractivity contribution in [2.24, 2.45) is 0 Å². The Balaban J connectivity index is 2.56. The summed E-state index contributed by atoms with van der Waals surface area (Å²) in [7, 11) is 4.93. The normalized spacial score (nSPS) is 17.4. The summed E-state index contributed by atoms with van der Waals surface area (Å²) in [5.41, 5.74) is 1.19. The zero-order valence-electron chi connectivity index (χ0n) is 11.1. The molecule has 0 radical (unpaired) electrons. The molecular weight excluding hydrogens is 364 g/mol. The fourth-order valence-electron chi connectivity index (χ4n) is 1.94. The number of carbonyl (C=O) groups excluding carboxylic acids is 1. The first-order valence-corrected chi connectivity index (χ1v) is 7.25. The van der Waals surface area contributed by atoms with Gasteiger partial charge in [-0.25, -0.2) is 0 Å². The van der Waals surface area contributed by atoms with E-state index in [1.165, 1.54) is 12.0 Å². The zero-order chi connectivity index (χ0) is 15.0. The predicted octanol–water partition coefficient (Wildman–Crippen LogP) is 3.14. The molecule has 0 atom stereocenters. The molecule has 0 saturated carbocycles. The number of thiocarbonyl (C=S) groups is 1. The van der Waals surface area contributed by atoms with E-state index in [2.05, 4.69) is 15.9 Å². The lowest BCUT2D eigenvalue weighted by Crippen LogP contribution is -2.26. The van der Waals surface area contributed by atoms with Gasteiger partial charge in [0.15, 0.2) is 5.11 Å². The highest BCUT2D eigenvalue weighted by Crippen LogP contribution is 2.34. The number of hydrogen-bond acceptors (Lipinski definition) is 3. The van der Waals surface area contributed by atoms with E-state index in [4.69, 9.17) is 28.6 Å². The van der Waals surface area contributed by atoms with Crippen molar-refractivity contribution in [1.29, 1.82) is 0 Å². The van der Waals surface area contributed by atoms with Crippen molar-refractivity contribution >= 4 is 56.8 Å². The van der Waals surface area contributed by atoms with Crippen molar-refractivity contribution in [1.82, 2.24) is 9.80 Å². The number of ether oxygens (including phenoxy) is 1. The average Bonchev–Trinajstić information content (AvgIpc) is 2.56. The van der Waals surface area contributed by atoms with Crippen molar-refractivity contribution < 1.29 is 9.53 Å². The van der Waals surface area contributed by atoms with E-state index in [1.54, 1.807) is 31.1 Å². The van der Waals surface area contributed by atoms with E-state index >= 15 is 0 Å². The Kier molecular flexibility index (Phi) is 4.36. The Morgan fingerprint density at radius 2 is 2.00 bits per heavy atom. The number of rotatable bonds is 2. The molecule has 1 aliphatic rings. The molecule has 1 aromatic rings. The van der Waals surface area contributed by atoms with Crippen LogP contribution in [0.4, 0.5) is 0 Å². The first kappa shape index (κ1) is 15.3. The maximum absolute atomic E-state index is 12.1. The van der Waals surface area contributed by atoms with Crippen LogP contribution in [0.3, 0.4) is 0 Å². The highest BCUT2D eigenvalue weighted by Gasteiger charge is 2.33. The molecule has 0 aliphatic carbocycles. The number of amides is 1. The molecule has 7 heteroatoms. The minimum atomic E-state index is -0.157. The second-order valence-electron chi connectivity index (χ2n) is 4.25. The van der Waals surface area contributed by atoms with Crippen molar-refractivity contribution in [3.05, 3.63) is 32.9 Å². The van der Waals surface area contributed by atoms with Gasteiger partial charge in [0.05, 0.1) is 12.1 Å². The Morgan fingerprint density at radius 3 is 2.50 bits per heavy atom. The van der Waals surface area contributed by atoms with E-state index < -0.39 is 0 Å². The van der Waals surface area contributed by atoms with Crippen LogP contribution >= 0.6 is 39.7 Å². The third kappa shape index (κ3) is 2.55. The molecule has 0 aromatic heterocycles. The number of nitrogens with zero attached hydrogens (tertiary/aromatic N) is 2. The van der Waals surface area contributed by atoms with Crippen molar-refractivity contribution in [2.45, 2.75) is 0 Å². The lowest BCUT2D eigenvalue weighted by Gasteiger charge is -2.12. The Bertz CT molecular complexity index is 633. The van der Waals surface area contributed by atoms with E-state index in [0.29, 0.717) is 27.1 Å². The second kappa shape index (κ2) is 5.71. The Hall–Kier alpha value is -1.11. The highest BCUT2D eigenvalue weighted by molar-refractivity contribution is 9.10. The van der Waals surface area contributed by atoms with Crippen LogP contribution in [0.1, 0.15) is 5.56 Å². The third-order valence-electron chi connectivity index (χ3n) is 2.99.